The van der Waals surface area contributed by atoms with Gasteiger partial charge >= 0.3 is 5.97 Å². The van der Waals surface area contributed by atoms with Crippen molar-refractivity contribution in [3.05, 3.63) is 24.4 Å². The molecule has 0 radical (unpaired) electrons. The summed E-state index contributed by atoms with van der Waals surface area (Å²) in [6.07, 6.45) is 1.76. The van der Waals surface area contributed by atoms with E-state index in [-0.39, 0.29) is 11.8 Å². The van der Waals surface area contributed by atoms with Gasteiger partial charge in [-0.15, -0.1) is 0 Å². The molecule has 1 saturated heterocycles. The number of carboxylic acid groups (broad SMARTS) is 1. The molecule has 6 heteroatoms. The van der Waals surface area contributed by atoms with E-state index in [9.17, 15) is 14.7 Å². The second-order valence-corrected chi connectivity index (χ2v) is 6.62. The number of piperazine rings is 1. The molecule has 1 aromatic rings. The smallest absolute Gasteiger partial charge is 0.307 e. The van der Waals surface area contributed by atoms with Gasteiger partial charge in [0.2, 0.25) is 5.91 Å². The first-order valence-corrected chi connectivity index (χ1v) is 7.60. The van der Waals surface area contributed by atoms with Gasteiger partial charge in [-0.3, -0.25) is 9.59 Å². The number of aliphatic carboxylic acids is 1. The van der Waals surface area contributed by atoms with E-state index in [0.717, 1.165) is 18.9 Å². The Kier molecular flexibility index (Phi) is 3.54. The van der Waals surface area contributed by atoms with Gasteiger partial charge in [0.1, 0.15) is 5.82 Å². The van der Waals surface area contributed by atoms with Crippen LogP contribution in [0.5, 0.6) is 0 Å². The number of rotatable bonds is 3. The van der Waals surface area contributed by atoms with Gasteiger partial charge in [-0.1, -0.05) is 19.9 Å². The van der Waals surface area contributed by atoms with Gasteiger partial charge in [0.05, 0.1) is 11.8 Å². The summed E-state index contributed by atoms with van der Waals surface area (Å²) < 4.78 is 0. The standard InChI is InChI=1S/C16H21N3O3/c1-16(2)12(13(16)15(21)22)14(20)19-9-7-18(8-10-19)11-5-3-4-6-17-11/h3-6,12-13H,7-10H2,1-2H3,(H,21,22)/t12-,13-/m1/s1. The van der Waals surface area contributed by atoms with Crippen LogP contribution >= 0.6 is 0 Å². The van der Waals surface area contributed by atoms with E-state index in [1.54, 1.807) is 11.1 Å². The summed E-state index contributed by atoms with van der Waals surface area (Å²) in [7, 11) is 0. The van der Waals surface area contributed by atoms with Gasteiger partial charge in [-0.05, 0) is 17.5 Å². The Hall–Kier alpha value is -2.11. The van der Waals surface area contributed by atoms with Crippen molar-refractivity contribution in [1.82, 2.24) is 9.88 Å². The Morgan fingerprint density at radius 1 is 1.18 bits per heavy atom. The molecule has 2 heterocycles. The lowest BCUT2D eigenvalue weighted by atomic mass is 10.1. The summed E-state index contributed by atoms with van der Waals surface area (Å²) in [6.45, 7) is 6.42. The van der Waals surface area contributed by atoms with Crippen molar-refractivity contribution in [3.63, 3.8) is 0 Å². The average Bonchev–Trinajstić information content (AvgIpc) is 3.10. The highest BCUT2D eigenvalue weighted by Gasteiger charge is 2.66. The van der Waals surface area contributed by atoms with Gasteiger partial charge < -0.3 is 14.9 Å². The Balaban J connectivity index is 1.60. The minimum Gasteiger partial charge on any atom is -0.481 e. The summed E-state index contributed by atoms with van der Waals surface area (Å²) in [5.41, 5.74) is -0.430. The third kappa shape index (κ3) is 2.42. The van der Waals surface area contributed by atoms with Crippen LogP contribution in [0.15, 0.2) is 24.4 Å². The molecular formula is C16H21N3O3. The van der Waals surface area contributed by atoms with Crippen molar-refractivity contribution in [2.75, 3.05) is 31.1 Å². The summed E-state index contributed by atoms with van der Waals surface area (Å²) in [4.78, 5) is 32.1. The lowest BCUT2D eigenvalue weighted by Gasteiger charge is -2.35. The molecule has 1 aliphatic carbocycles. The molecule has 1 aromatic heterocycles. The molecule has 2 atom stereocenters. The molecule has 0 spiro atoms. The molecule has 1 amide bonds. The van der Waals surface area contributed by atoms with Crippen molar-refractivity contribution in [2.45, 2.75) is 13.8 Å². The van der Waals surface area contributed by atoms with Crippen LogP contribution in [0.4, 0.5) is 5.82 Å². The molecule has 6 nitrogen and oxygen atoms in total. The molecule has 2 aliphatic rings. The minimum absolute atomic E-state index is 0.0157. The molecule has 118 valence electrons. The van der Waals surface area contributed by atoms with E-state index in [0.29, 0.717) is 13.1 Å². The zero-order valence-electron chi connectivity index (χ0n) is 12.9. The van der Waals surface area contributed by atoms with Crippen molar-refractivity contribution in [1.29, 1.82) is 0 Å². The molecule has 0 bridgehead atoms. The Labute approximate surface area is 129 Å². The van der Waals surface area contributed by atoms with Gasteiger partial charge in [-0.2, -0.15) is 0 Å². The van der Waals surface area contributed by atoms with Crippen LogP contribution in [-0.2, 0) is 9.59 Å². The largest absolute Gasteiger partial charge is 0.481 e. The number of carbonyl (C=O) groups is 2. The molecule has 22 heavy (non-hydrogen) atoms. The summed E-state index contributed by atoms with van der Waals surface area (Å²) in [5.74, 6) is -0.890. The fourth-order valence-corrected chi connectivity index (χ4v) is 3.45. The molecule has 3 rings (SSSR count). The average molecular weight is 303 g/mol. The second kappa shape index (κ2) is 5.26. The molecule has 2 fully saturated rings. The number of pyridine rings is 1. The predicted octanol–water partition coefficient (Wildman–Crippen LogP) is 1.09. The lowest BCUT2D eigenvalue weighted by Crippen LogP contribution is -2.50. The van der Waals surface area contributed by atoms with E-state index in [1.807, 2.05) is 32.0 Å². The SMILES string of the molecule is CC1(C)[C@@H](C(=O)O)[C@@H]1C(=O)N1CCN(c2ccccn2)CC1. The fourth-order valence-electron chi connectivity index (χ4n) is 3.45. The van der Waals surface area contributed by atoms with Crippen LogP contribution in [-0.4, -0.2) is 53.0 Å². The Morgan fingerprint density at radius 3 is 2.36 bits per heavy atom. The van der Waals surface area contributed by atoms with Crippen LogP contribution in [0.25, 0.3) is 0 Å². The summed E-state index contributed by atoms with van der Waals surface area (Å²) in [6, 6.07) is 5.79. The monoisotopic (exact) mass is 303 g/mol. The number of amides is 1. The van der Waals surface area contributed by atoms with Crippen molar-refractivity contribution >= 4 is 17.7 Å². The normalized spacial score (nSPS) is 26.6. The van der Waals surface area contributed by atoms with E-state index >= 15 is 0 Å². The Morgan fingerprint density at radius 2 is 1.86 bits per heavy atom. The topological polar surface area (TPSA) is 73.7 Å². The molecule has 0 unspecified atom stereocenters. The van der Waals surface area contributed by atoms with E-state index in [1.165, 1.54) is 0 Å². The number of carbonyl (C=O) groups excluding carboxylic acids is 1. The quantitative estimate of drug-likeness (QED) is 0.905. The first-order chi connectivity index (χ1) is 10.4. The molecule has 1 N–H and O–H groups in total. The van der Waals surface area contributed by atoms with Gasteiger partial charge in [0.25, 0.3) is 0 Å². The predicted molar refractivity (Wildman–Crippen MR) is 81.4 cm³/mol. The van der Waals surface area contributed by atoms with Gasteiger partial charge in [0.15, 0.2) is 0 Å². The molecule has 1 aliphatic heterocycles. The first kappa shape index (κ1) is 14.8. The number of aromatic nitrogens is 1. The van der Waals surface area contributed by atoms with Gasteiger partial charge in [0, 0.05) is 32.4 Å². The van der Waals surface area contributed by atoms with E-state index in [2.05, 4.69) is 9.88 Å². The molecule has 1 saturated carbocycles. The summed E-state index contributed by atoms with van der Waals surface area (Å²) in [5, 5.41) is 9.21. The Bertz CT molecular complexity index is 580. The van der Waals surface area contributed by atoms with Crippen LogP contribution in [0.3, 0.4) is 0 Å². The third-order valence-corrected chi connectivity index (χ3v) is 4.92. The van der Waals surface area contributed by atoms with Crippen LogP contribution < -0.4 is 4.90 Å². The van der Waals surface area contributed by atoms with E-state index < -0.39 is 17.3 Å². The highest BCUT2D eigenvalue weighted by Crippen LogP contribution is 2.59. The number of carboxylic acids is 1. The third-order valence-electron chi connectivity index (χ3n) is 4.92. The maximum Gasteiger partial charge on any atom is 0.307 e. The van der Waals surface area contributed by atoms with Crippen molar-refractivity contribution in [3.8, 4) is 0 Å². The van der Waals surface area contributed by atoms with Crippen molar-refractivity contribution < 1.29 is 14.7 Å². The lowest BCUT2D eigenvalue weighted by molar-refractivity contribution is -0.142. The molecule has 0 aromatic carbocycles. The number of hydrogen-bond acceptors (Lipinski definition) is 4. The maximum atomic E-state index is 12.6. The maximum absolute atomic E-state index is 12.6. The second-order valence-electron chi connectivity index (χ2n) is 6.62. The highest BCUT2D eigenvalue weighted by atomic mass is 16.4. The van der Waals surface area contributed by atoms with Crippen LogP contribution in [0, 0.1) is 17.3 Å². The van der Waals surface area contributed by atoms with Crippen LogP contribution in [0.2, 0.25) is 0 Å². The van der Waals surface area contributed by atoms with E-state index in [4.69, 9.17) is 0 Å². The zero-order valence-corrected chi connectivity index (χ0v) is 12.9. The first-order valence-electron chi connectivity index (χ1n) is 7.60. The number of anilines is 1. The fraction of sp³-hybridized carbons (Fsp3) is 0.562. The van der Waals surface area contributed by atoms with Gasteiger partial charge in [-0.25, -0.2) is 4.98 Å². The highest BCUT2D eigenvalue weighted by molar-refractivity contribution is 5.91. The number of hydrogen-bond donors (Lipinski definition) is 1. The van der Waals surface area contributed by atoms with Crippen LogP contribution in [0.1, 0.15) is 13.8 Å². The molecular weight excluding hydrogens is 282 g/mol. The van der Waals surface area contributed by atoms with Crippen molar-refractivity contribution in [2.24, 2.45) is 17.3 Å². The summed E-state index contributed by atoms with van der Waals surface area (Å²) >= 11 is 0. The zero-order chi connectivity index (χ0) is 15.9. The number of nitrogens with zero attached hydrogens (tertiary/aromatic N) is 3. The minimum atomic E-state index is -0.865.